The highest BCUT2D eigenvalue weighted by Crippen LogP contribution is 2.10. The molecule has 1 aromatic heterocycles. The van der Waals surface area contributed by atoms with Gasteiger partial charge in [-0.3, -0.25) is 0 Å². The van der Waals surface area contributed by atoms with Crippen molar-refractivity contribution in [3.8, 4) is 0 Å². The van der Waals surface area contributed by atoms with Gasteiger partial charge in [-0.05, 0) is 42.3 Å². The van der Waals surface area contributed by atoms with Crippen molar-refractivity contribution in [1.29, 1.82) is 0 Å². The quantitative estimate of drug-likeness (QED) is 0.655. The van der Waals surface area contributed by atoms with Crippen LogP contribution in [0.25, 0.3) is 0 Å². The lowest BCUT2D eigenvalue weighted by Crippen LogP contribution is -2.32. The summed E-state index contributed by atoms with van der Waals surface area (Å²) in [5.74, 6) is 0.697. The first kappa shape index (κ1) is 7.67. The molecule has 0 saturated carbocycles. The summed E-state index contributed by atoms with van der Waals surface area (Å²) in [6, 6.07) is 0. The zero-order valence-corrected chi connectivity index (χ0v) is 6.98. The Hall–Kier alpha value is -0.970. The number of nitrogens with one attached hydrogen (secondary N) is 1. The first-order chi connectivity index (χ1) is 5.95. The van der Waals surface area contributed by atoms with Gasteiger partial charge in [0, 0.05) is 6.54 Å². The van der Waals surface area contributed by atoms with Crippen LogP contribution in [0.2, 0.25) is 0 Å². The van der Waals surface area contributed by atoms with Gasteiger partial charge in [-0.1, -0.05) is 0 Å². The summed E-state index contributed by atoms with van der Waals surface area (Å²) in [5.41, 5.74) is 0. The van der Waals surface area contributed by atoms with Crippen molar-refractivity contribution in [2.75, 3.05) is 13.1 Å². The monoisotopic (exact) mass is 167 g/mol. The van der Waals surface area contributed by atoms with E-state index in [-0.39, 0.29) is 0 Å². The Morgan fingerprint density at radius 2 is 2.58 bits per heavy atom. The average molecular weight is 167 g/mol. The first-order valence-electron chi connectivity index (χ1n) is 4.36. The van der Waals surface area contributed by atoms with Gasteiger partial charge in [0.1, 0.15) is 6.33 Å². The lowest BCUT2D eigenvalue weighted by atomic mass is 10.00. The van der Waals surface area contributed by atoms with Gasteiger partial charge >= 0.3 is 0 Å². The fourth-order valence-electron chi connectivity index (χ4n) is 1.61. The Balaban J connectivity index is 1.86. The molecular formula is C7H13N5. The fourth-order valence-corrected chi connectivity index (χ4v) is 1.61. The maximum absolute atomic E-state index is 3.84. The van der Waals surface area contributed by atoms with Gasteiger partial charge in [0.25, 0.3) is 0 Å². The molecule has 1 N–H and O–H groups in total. The molecule has 0 radical (unpaired) electrons. The molecule has 0 bridgehead atoms. The molecule has 1 fully saturated rings. The van der Waals surface area contributed by atoms with E-state index in [1.165, 1.54) is 12.8 Å². The molecule has 0 aliphatic carbocycles. The zero-order chi connectivity index (χ0) is 8.23. The summed E-state index contributed by atoms with van der Waals surface area (Å²) in [6.07, 6.45) is 4.23. The molecule has 66 valence electrons. The first-order valence-corrected chi connectivity index (χ1v) is 4.36. The molecule has 1 unspecified atom stereocenters. The van der Waals surface area contributed by atoms with Crippen molar-refractivity contribution < 1.29 is 0 Å². The van der Waals surface area contributed by atoms with Crippen LogP contribution >= 0.6 is 0 Å². The van der Waals surface area contributed by atoms with Gasteiger partial charge in [0.05, 0.1) is 0 Å². The van der Waals surface area contributed by atoms with Crippen LogP contribution in [-0.4, -0.2) is 33.3 Å². The van der Waals surface area contributed by atoms with E-state index >= 15 is 0 Å². The molecule has 1 aliphatic rings. The Kier molecular flexibility index (Phi) is 2.31. The summed E-state index contributed by atoms with van der Waals surface area (Å²) >= 11 is 0. The molecule has 0 amide bonds. The number of hydrogen-bond acceptors (Lipinski definition) is 4. The molecular weight excluding hydrogens is 154 g/mol. The van der Waals surface area contributed by atoms with Crippen LogP contribution in [0.1, 0.15) is 12.8 Å². The van der Waals surface area contributed by atoms with Crippen LogP contribution in [-0.2, 0) is 6.54 Å². The van der Waals surface area contributed by atoms with Crippen molar-refractivity contribution in [3.63, 3.8) is 0 Å². The van der Waals surface area contributed by atoms with Crippen molar-refractivity contribution >= 4 is 0 Å². The van der Waals surface area contributed by atoms with Gasteiger partial charge in [0.15, 0.2) is 0 Å². The predicted molar refractivity (Wildman–Crippen MR) is 43.4 cm³/mol. The Morgan fingerprint density at radius 1 is 1.58 bits per heavy atom. The molecule has 2 rings (SSSR count). The third-order valence-electron chi connectivity index (χ3n) is 2.24. The highest BCUT2D eigenvalue weighted by Gasteiger charge is 2.13. The SMILES string of the molecule is c1nnnn1CC1CCCNC1. The summed E-state index contributed by atoms with van der Waals surface area (Å²) in [4.78, 5) is 0. The van der Waals surface area contributed by atoms with Crippen LogP contribution < -0.4 is 5.32 Å². The lowest BCUT2D eigenvalue weighted by Gasteiger charge is -2.21. The van der Waals surface area contributed by atoms with Crippen LogP contribution in [0.4, 0.5) is 0 Å². The van der Waals surface area contributed by atoms with Crippen molar-refractivity contribution in [3.05, 3.63) is 6.33 Å². The standard InChI is InChI=1S/C7H13N5/c1-2-7(4-8-3-1)5-12-6-9-10-11-12/h6-8H,1-5H2. The molecule has 1 aliphatic heterocycles. The zero-order valence-electron chi connectivity index (χ0n) is 6.98. The summed E-state index contributed by atoms with van der Waals surface area (Å²) in [6.45, 7) is 3.20. The van der Waals surface area contributed by atoms with Crippen LogP contribution in [0.15, 0.2) is 6.33 Å². The molecule has 12 heavy (non-hydrogen) atoms. The van der Waals surface area contributed by atoms with E-state index in [1.807, 2.05) is 0 Å². The van der Waals surface area contributed by atoms with E-state index in [0.717, 1.165) is 19.6 Å². The molecule has 1 aromatic rings. The van der Waals surface area contributed by atoms with Crippen molar-refractivity contribution in [2.45, 2.75) is 19.4 Å². The smallest absolute Gasteiger partial charge is 0.138 e. The van der Waals surface area contributed by atoms with Gasteiger partial charge in [-0.15, -0.1) is 5.10 Å². The van der Waals surface area contributed by atoms with E-state index < -0.39 is 0 Å². The number of aromatic nitrogens is 4. The molecule has 2 heterocycles. The number of tetrazole rings is 1. The maximum atomic E-state index is 3.84. The molecule has 5 heteroatoms. The third-order valence-corrected chi connectivity index (χ3v) is 2.24. The normalized spacial score (nSPS) is 24.2. The van der Waals surface area contributed by atoms with E-state index in [4.69, 9.17) is 0 Å². The van der Waals surface area contributed by atoms with E-state index in [1.54, 1.807) is 11.0 Å². The molecule has 1 atom stereocenters. The Morgan fingerprint density at radius 3 is 3.25 bits per heavy atom. The third kappa shape index (κ3) is 1.79. The number of hydrogen-bond donors (Lipinski definition) is 1. The average Bonchev–Trinajstić information content (AvgIpc) is 2.59. The number of nitrogens with zero attached hydrogens (tertiary/aromatic N) is 4. The highest BCUT2D eigenvalue weighted by atomic mass is 15.5. The largest absolute Gasteiger partial charge is 0.316 e. The summed E-state index contributed by atoms with van der Waals surface area (Å²) in [7, 11) is 0. The Labute approximate surface area is 71.1 Å². The minimum Gasteiger partial charge on any atom is -0.316 e. The molecule has 0 aromatic carbocycles. The fraction of sp³-hybridized carbons (Fsp3) is 0.857. The van der Waals surface area contributed by atoms with Crippen molar-refractivity contribution in [1.82, 2.24) is 25.5 Å². The molecule has 5 nitrogen and oxygen atoms in total. The Bertz CT molecular complexity index is 214. The van der Waals surface area contributed by atoms with Crippen LogP contribution in [0.3, 0.4) is 0 Å². The topological polar surface area (TPSA) is 55.6 Å². The minimum atomic E-state index is 0.697. The van der Waals surface area contributed by atoms with E-state index in [9.17, 15) is 0 Å². The van der Waals surface area contributed by atoms with Gasteiger partial charge in [-0.2, -0.15) is 0 Å². The second-order valence-electron chi connectivity index (χ2n) is 3.24. The molecule has 0 spiro atoms. The number of rotatable bonds is 2. The van der Waals surface area contributed by atoms with Crippen LogP contribution in [0.5, 0.6) is 0 Å². The second kappa shape index (κ2) is 3.62. The second-order valence-corrected chi connectivity index (χ2v) is 3.24. The van der Waals surface area contributed by atoms with Gasteiger partial charge in [-0.25, -0.2) is 4.68 Å². The van der Waals surface area contributed by atoms with Crippen LogP contribution in [0, 0.1) is 5.92 Å². The summed E-state index contributed by atoms with van der Waals surface area (Å²) < 4.78 is 1.80. The van der Waals surface area contributed by atoms with Gasteiger partial charge < -0.3 is 5.32 Å². The highest BCUT2D eigenvalue weighted by molar-refractivity contribution is 4.68. The minimum absolute atomic E-state index is 0.697. The maximum Gasteiger partial charge on any atom is 0.138 e. The van der Waals surface area contributed by atoms with E-state index in [0.29, 0.717) is 5.92 Å². The predicted octanol–water partition coefficient (Wildman–Crippen LogP) is -0.327. The lowest BCUT2D eigenvalue weighted by molar-refractivity contribution is 0.322. The molecule has 1 saturated heterocycles. The number of piperidine rings is 1. The van der Waals surface area contributed by atoms with Gasteiger partial charge in [0.2, 0.25) is 0 Å². The van der Waals surface area contributed by atoms with Crippen molar-refractivity contribution in [2.24, 2.45) is 5.92 Å². The van der Waals surface area contributed by atoms with E-state index in [2.05, 4.69) is 20.8 Å². The summed E-state index contributed by atoms with van der Waals surface area (Å²) in [5, 5.41) is 14.4.